The van der Waals surface area contributed by atoms with E-state index in [1.807, 2.05) is 36.4 Å². The number of pyridine rings is 1. The molecule has 0 aliphatic carbocycles. The van der Waals surface area contributed by atoms with Crippen molar-refractivity contribution in [2.24, 2.45) is 0 Å². The number of aromatic nitrogens is 1. The van der Waals surface area contributed by atoms with E-state index < -0.39 is 0 Å². The topological polar surface area (TPSA) is 36.7 Å². The number of fused-ring (bicyclic) bond motifs is 1. The smallest absolute Gasteiger partial charge is 0.0966 e. The van der Waals surface area contributed by atoms with Gasteiger partial charge in [0.2, 0.25) is 0 Å². The number of hydrogen-bond donors (Lipinski definition) is 0. The molecule has 1 aromatic heterocycles. The maximum absolute atomic E-state index is 8.35. The zero-order valence-electron chi connectivity index (χ0n) is 8.07. The van der Waals surface area contributed by atoms with E-state index in [-0.39, 0.29) is 6.42 Å². The van der Waals surface area contributed by atoms with Crippen LogP contribution in [0, 0.1) is 23.2 Å². The Morgan fingerprint density at radius 2 is 2.20 bits per heavy atom. The highest BCUT2D eigenvalue weighted by Crippen LogP contribution is 2.12. The Balaban J connectivity index is 2.41. The minimum absolute atomic E-state index is 0.264. The van der Waals surface area contributed by atoms with Gasteiger partial charge in [-0.05, 0) is 18.2 Å². The lowest BCUT2D eigenvalue weighted by molar-refractivity contribution is 1.39. The van der Waals surface area contributed by atoms with Crippen molar-refractivity contribution < 1.29 is 0 Å². The zero-order chi connectivity index (χ0) is 10.5. The molecule has 0 spiro atoms. The van der Waals surface area contributed by atoms with Gasteiger partial charge in [-0.25, -0.2) is 0 Å². The summed E-state index contributed by atoms with van der Waals surface area (Å²) in [6.07, 6.45) is 2.02. The van der Waals surface area contributed by atoms with Crippen molar-refractivity contribution in [3.05, 3.63) is 42.1 Å². The van der Waals surface area contributed by atoms with Gasteiger partial charge >= 0.3 is 0 Å². The first-order valence-electron chi connectivity index (χ1n) is 4.61. The fraction of sp³-hybridized carbons (Fsp3) is 0.0769. The van der Waals surface area contributed by atoms with Crippen LogP contribution in [0.2, 0.25) is 0 Å². The van der Waals surface area contributed by atoms with Gasteiger partial charge in [0.25, 0.3) is 0 Å². The highest BCUT2D eigenvalue weighted by atomic mass is 14.6. The molecule has 70 valence electrons. The van der Waals surface area contributed by atoms with Crippen molar-refractivity contribution in [3.63, 3.8) is 0 Å². The summed E-state index contributed by atoms with van der Waals surface area (Å²) in [5, 5.41) is 9.45. The molecule has 0 bridgehead atoms. The van der Waals surface area contributed by atoms with Crippen LogP contribution in [-0.4, -0.2) is 4.98 Å². The molecular weight excluding hydrogens is 184 g/mol. The monoisotopic (exact) mass is 192 g/mol. The van der Waals surface area contributed by atoms with Crippen LogP contribution in [0.1, 0.15) is 12.0 Å². The lowest BCUT2D eigenvalue weighted by Crippen LogP contribution is -1.79. The molecule has 2 heteroatoms. The standard InChI is InChI=1S/C13H8N2/c14-8-2-1-4-11-6-7-12-5-3-9-15-13(12)10-11/h3,5-7,9-10H,2H2. The van der Waals surface area contributed by atoms with Crippen LogP contribution in [0.4, 0.5) is 0 Å². The summed E-state index contributed by atoms with van der Waals surface area (Å²) >= 11 is 0. The lowest BCUT2D eigenvalue weighted by atomic mass is 10.1. The van der Waals surface area contributed by atoms with Crippen LogP contribution in [0.25, 0.3) is 10.9 Å². The van der Waals surface area contributed by atoms with Gasteiger partial charge in [-0.2, -0.15) is 5.26 Å². The van der Waals surface area contributed by atoms with Gasteiger partial charge in [-0.3, -0.25) is 4.98 Å². The summed E-state index contributed by atoms with van der Waals surface area (Å²) in [5.41, 5.74) is 1.83. The molecule has 1 aromatic carbocycles. The highest BCUT2D eigenvalue weighted by molar-refractivity contribution is 5.79. The minimum atomic E-state index is 0.264. The molecule has 0 unspecified atom stereocenters. The first-order valence-corrected chi connectivity index (χ1v) is 4.61. The van der Waals surface area contributed by atoms with Crippen molar-refractivity contribution in [1.82, 2.24) is 4.98 Å². The van der Waals surface area contributed by atoms with Gasteiger partial charge in [-0.1, -0.05) is 24.0 Å². The molecule has 15 heavy (non-hydrogen) atoms. The van der Waals surface area contributed by atoms with E-state index in [0.29, 0.717) is 0 Å². The van der Waals surface area contributed by atoms with E-state index in [4.69, 9.17) is 5.26 Å². The predicted octanol–water partition coefficient (Wildman–Crippen LogP) is 2.50. The lowest BCUT2D eigenvalue weighted by Gasteiger charge is -1.95. The Morgan fingerprint density at radius 3 is 3.07 bits per heavy atom. The first-order chi connectivity index (χ1) is 7.40. The third-order valence-electron chi connectivity index (χ3n) is 2.01. The van der Waals surface area contributed by atoms with Gasteiger partial charge in [0, 0.05) is 17.1 Å². The third-order valence-corrected chi connectivity index (χ3v) is 2.01. The number of hydrogen-bond acceptors (Lipinski definition) is 2. The average Bonchev–Trinajstić information content (AvgIpc) is 2.29. The number of nitrogens with zero attached hydrogens (tertiary/aromatic N) is 2. The fourth-order valence-corrected chi connectivity index (χ4v) is 1.33. The minimum Gasteiger partial charge on any atom is -0.256 e. The molecule has 0 radical (unpaired) electrons. The van der Waals surface area contributed by atoms with Crippen molar-refractivity contribution in [1.29, 1.82) is 5.26 Å². The molecule has 2 nitrogen and oxygen atoms in total. The Kier molecular flexibility index (Phi) is 2.63. The molecule has 0 aliphatic heterocycles. The van der Waals surface area contributed by atoms with Crippen LogP contribution in [0.3, 0.4) is 0 Å². The summed E-state index contributed by atoms with van der Waals surface area (Å²) in [6.45, 7) is 0. The Morgan fingerprint density at radius 1 is 1.27 bits per heavy atom. The largest absolute Gasteiger partial charge is 0.256 e. The SMILES string of the molecule is N#CCC#Cc1ccc2cccnc2c1. The van der Waals surface area contributed by atoms with Crippen molar-refractivity contribution in [2.75, 3.05) is 0 Å². The van der Waals surface area contributed by atoms with Gasteiger partial charge in [0.15, 0.2) is 0 Å². The third kappa shape index (κ3) is 2.13. The molecule has 1 heterocycles. The van der Waals surface area contributed by atoms with Crippen molar-refractivity contribution >= 4 is 10.9 Å². The maximum Gasteiger partial charge on any atom is 0.0966 e. The highest BCUT2D eigenvalue weighted by Gasteiger charge is 1.93. The van der Waals surface area contributed by atoms with Gasteiger partial charge in [-0.15, -0.1) is 0 Å². The Hall–Kier alpha value is -2.32. The molecule has 2 rings (SSSR count). The summed E-state index contributed by atoms with van der Waals surface area (Å²) in [7, 11) is 0. The van der Waals surface area contributed by atoms with Crippen LogP contribution < -0.4 is 0 Å². The quantitative estimate of drug-likeness (QED) is 0.601. The molecular formula is C13H8N2. The normalized spacial score (nSPS) is 9.00. The number of benzene rings is 1. The first kappa shape index (κ1) is 9.24. The van der Waals surface area contributed by atoms with Gasteiger partial charge in [0.1, 0.15) is 0 Å². The average molecular weight is 192 g/mol. The molecule has 0 saturated heterocycles. The second kappa shape index (κ2) is 4.26. The van der Waals surface area contributed by atoms with E-state index in [2.05, 4.69) is 16.8 Å². The van der Waals surface area contributed by atoms with E-state index in [0.717, 1.165) is 16.5 Å². The molecule has 0 aliphatic rings. The molecule has 0 fully saturated rings. The maximum atomic E-state index is 8.35. The van der Waals surface area contributed by atoms with Crippen LogP contribution in [-0.2, 0) is 0 Å². The van der Waals surface area contributed by atoms with E-state index in [1.165, 1.54) is 0 Å². The van der Waals surface area contributed by atoms with Gasteiger partial charge < -0.3 is 0 Å². The van der Waals surface area contributed by atoms with Crippen LogP contribution >= 0.6 is 0 Å². The van der Waals surface area contributed by atoms with Crippen molar-refractivity contribution in [3.8, 4) is 17.9 Å². The summed E-state index contributed by atoms with van der Waals surface area (Å²) in [6, 6.07) is 11.8. The molecule has 0 N–H and O–H groups in total. The summed E-state index contributed by atoms with van der Waals surface area (Å²) in [4.78, 5) is 4.24. The van der Waals surface area contributed by atoms with E-state index >= 15 is 0 Å². The number of rotatable bonds is 0. The fourth-order valence-electron chi connectivity index (χ4n) is 1.33. The second-order valence-corrected chi connectivity index (χ2v) is 3.05. The molecule has 0 saturated carbocycles. The van der Waals surface area contributed by atoms with E-state index in [1.54, 1.807) is 6.20 Å². The number of nitriles is 1. The van der Waals surface area contributed by atoms with Gasteiger partial charge in [0.05, 0.1) is 18.0 Å². The van der Waals surface area contributed by atoms with Crippen LogP contribution in [0.15, 0.2) is 36.5 Å². The Bertz CT molecular complexity index is 582. The molecule has 2 aromatic rings. The predicted molar refractivity (Wildman–Crippen MR) is 58.9 cm³/mol. The summed E-state index contributed by atoms with van der Waals surface area (Å²) < 4.78 is 0. The zero-order valence-corrected chi connectivity index (χ0v) is 8.07. The molecule has 0 atom stereocenters. The second-order valence-electron chi connectivity index (χ2n) is 3.05. The summed E-state index contributed by atoms with van der Waals surface area (Å²) in [5.74, 6) is 5.70. The van der Waals surface area contributed by atoms with E-state index in [9.17, 15) is 0 Å². The Labute approximate surface area is 88.2 Å². The molecule has 0 amide bonds. The van der Waals surface area contributed by atoms with Crippen molar-refractivity contribution in [2.45, 2.75) is 6.42 Å². The van der Waals surface area contributed by atoms with Crippen LogP contribution in [0.5, 0.6) is 0 Å².